The Bertz CT molecular complexity index is 1530. The first-order valence-corrected chi connectivity index (χ1v) is 13.4. The molecule has 2 fully saturated rings. The Hall–Kier alpha value is -3.73. The van der Waals surface area contributed by atoms with Gasteiger partial charge in [0.15, 0.2) is 5.82 Å². The SMILES string of the molecule is Cc1cccc2cc([C@H](c3nnnn3C3CCCC3)N3CCN(c4cccc(C(F)(F)F)c4)CC3)c(=O)[nH]c12. The quantitative estimate of drug-likeness (QED) is 0.391. The van der Waals surface area contributed by atoms with E-state index in [9.17, 15) is 18.0 Å². The fraction of sp³-hybridized carbons (Fsp3) is 0.429. The zero-order valence-electron chi connectivity index (χ0n) is 21.7. The van der Waals surface area contributed by atoms with Crippen LogP contribution in [0.25, 0.3) is 10.9 Å². The minimum atomic E-state index is -4.39. The number of para-hydroxylation sites is 1. The molecule has 204 valence electrons. The van der Waals surface area contributed by atoms with Crippen molar-refractivity contribution in [1.29, 1.82) is 0 Å². The lowest BCUT2D eigenvalue weighted by molar-refractivity contribution is -0.137. The zero-order valence-corrected chi connectivity index (χ0v) is 21.7. The van der Waals surface area contributed by atoms with Gasteiger partial charge in [-0.05, 0) is 65.4 Å². The van der Waals surface area contributed by atoms with E-state index in [4.69, 9.17) is 0 Å². The molecule has 6 rings (SSSR count). The zero-order chi connectivity index (χ0) is 27.1. The van der Waals surface area contributed by atoms with Crippen LogP contribution in [0.4, 0.5) is 18.9 Å². The topological polar surface area (TPSA) is 82.9 Å². The molecular weight excluding hydrogens is 507 g/mol. The Labute approximate surface area is 223 Å². The van der Waals surface area contributed by atoms with Crippen molar-refractivity contribution in [3.05, 3.63) is 81.4 Å². The smallest absolute Gasteiger partial charge is 0.369 e. The van der Waals surface area contributed by atoms with E-state index in [1.807, 2.05) is 40.8 Å². The van der Waals surface area contributed by atoms with Gasteiger partial charge in [-0.1, -0.05) is 37.1 Å². The van der Waals surface area contributed by atoms with Gasteiger partial charge in [-0.15, -0.1) is 5.10 Å². The number of tetrazole rings is 1. The van der Waals surface area contributed by atoms with Crippen molar-refractivity contribution < 1.29 is 13.2 Å². The van der Waals surface area contributed by atoms with E-state index in [1.165, 1.54) is 12.1 Å². The number of aryl methyl sites for hydroxylation is 1. The summed E-state index contributed by atoms with van der Waals surface area (Å²) < 4.78 is 41.8. The molecule has 11 heteroatoms. The second-order valence-electron chi connectivity index (χ2n) is 10.5. The van der Waals surface area contributed by atoms with Gasteiger partial charge in [0.05, 0.1) is 17.1 Å². The molecule has 4 aromatic rings. The first-order valence-electron chi connectivity index (χ1n) is 13.4. The average Bonchev–Trinajstić information content (AvgIpc) is 3.62. The maximum atomic E-state index is 13.5. The molecule has 2 aromatic carbocycles. The van der Waals surface area contributed by atoms with Crippen LogP contribution in [0.2, 0.25) is 0 Å². The maximum absolute atomic E-state index is 13.5. The van der Waals surface area contributed by atoms with Gasteiger partial charge in [0.2, 0.25) is 0 Å². The lowest BCUT2D eigenvalue weighted by atomic mass is 10.0. The first kappa shape index (κ1) is 25.5. The molecular formula is C28H30F3N7O. The van der Waals surface area contributed by atoms with Gasteiger partial charge in [-0.2, -0.15) is 13.2 Å². The van der Waals surface area contributed by atoms with Gasteiger partial charge in [0.1, 0.15) is 6.04 Å². The summed E-state index contributed by atoms with van der Waals surface area (Å²) >= 11 is 0. The van der Waals surface area contributed by atoms with E-state index >= 15 is 0 Å². The second kappa shape index (κ2) is 10.1. The Morgan fingerprint density at radius 2 is 1.74 bits per heavy atom. The van der Waals surface area contributed by atoms with Gasteiger partial charge in [-0.3, -0.25) is 9.69 Å². The molecule has 1 N–H and O–H groups in total. The van der Waals surface area contributed by atoms with Crippen molar-refractivity contribution in [3.63, 3.8) is 0 Å². The van der Waals surface area contributed by atoms with Crippen LogP contribution in [0, 0.1) is 6.92 Å². The average molecular weight is 538 g/mol. The van der Waals surface area contributed by atoms with Crippen molar-refractivity contribution in [1.82, 2.24) is 30.1 Å². The number of aromatic amines is 1. The highest BCUT2D eigenvalue weighted by Gasteiger charge is 2.35. The van der Waals surface area contributed by atoms with Crippen molar-refractivity contribution in [2.75, 3.05) is 31.1 Å². The van der Waals surface area contributed by atoms with Crippen LogP contribution in [0.1, 0.15) is 60.3 Å². The first-order chi connectivity index (χ1) is 18.8. The number of anilines is 1. The number of aromatic nitrogens is 5. The molecule has 0 bridgehead atoms. The second-order valence-corrected chi connectivity index (χ2v) is 10.5. The van der Waals surface area contributed by atoms with Gasteiger partial charge in [0.25, 0.3) is 5.56 Å². The number of pyridine rings is 1. The van der Waals surface area contributed by atoms with Crippen LogP contribution < -0.4 is 10.5 Å². The van der Waals surface area contributed by atoms with Crippen LogP contribution in [0.15, 0.2) is 53.3 Å². The number of rotatable bonds is 5. The third kappa shape index (κ3) is 4.91. The largest absolute Gasteiger partial charge is 0.416 e. The molecule has 0 unspecified atom stereocenters. The van der Waals surface area contributed by atoms with Crippen LogP contribution in [-0.4, -0.2) is 56.3 Å². The number of hydrogen-bond acceptors (Lipinski definition) is 6. The number of fused-ring (bicyclic) bond motifs is 1. The standard InChI is InChI=1S/C28H30F3N7O/c1-18-6-4-7-19-16-23(27(39)32-24(18)19)25(26-33-34-35-38(26)21-9-2-3-10-21)37-14-12-36(13-15-37)22-11-5-8-20(17-22)28(29,30)31/h4-8,11,16-17,21,25H,2-3,9-10,12-15H2,1H3,(H,32,39)/t25-/m1/s1. The molecule has 2 aromatic heterocycles. The molecule has 0 amide bonds. The number of benzene rings is 2. The van der Waals surface area contributed by atoms with Gasteiger partial charge in [-0.25, -0.2) is 4.68 Å². The molecule has 3 heterocycles. The molecule has 39 heavy (non-hydrogen) atoms. The third-order valence-electron chi connectivity index (χ3n) is 8.06. The Morgan fingerprint density at radius 1 is 1.00 bits per heavy atom. The van der Waals surface area contributed by atoms with Crippen LogP contribution in [-0.2, 0) is 6.18 Å². The number of alkyl halides is 3. The van der Waals surface area contributed by atoms with Crippen molar-refractivity contribution in [2.24, 2.45) is 0 Å². The fourth-order valence-electron chi connectivity index (χ4n) is 6.01. The molecule has 1 aliphatic carbocycles. The summed E-state index contributed by atoms with van der Waals surface area (Å²) in [6.07, 6.45) is -0.196. The van der Waals surface area contributed by atoms with Gasteiger partial charge >= 0.3 is 6.18 Å². The van der Waals surface area contributed by atoms with Crippen LogP contribution in [0.5, 0.6) is 0 Å². The molecule has 0 radical (unpaired) electrons. The molecule has 0 spiro atoms. The van der Waals surface area contributed by atoms with Gasteiger partial charge in [0, 0.05) is 37.4 Å². The Kier molecular flexibility index (Phi) is 6.62. The highest BCUT2D eigenvalue weighted by molar-refractivity contribution is 5.82. The highest BCUT2D eigenvalue weighted by Crippen LogP contribution is 2.35. The van der Waals surface area contributed by atoms with Crippen molar-refractivity contribution >= 4 is 16.6 Å². The number of nitrogens with zero attached hydrogens (tertiary/aromatic N) is 6. The maximum Gasteiger partial charge on any atom is 0.416 e. The van der Waals surface area contributed by atoms with E-state index in [0.29, 0.717) is 43.3 Å². The monoisotopic (exact) mass is 537 g/mol. The summed E-state index contributed by atoms with van der Waals surface area (Å²) in [5, 5.41) is 13.7. The lowest BCUT2D eigenvalue weighted by Gasteiger charge is -2.40. The van der Waals surface area contributed by atoms with Gasteiger partial charge < -0.3 is 9.88 Å². The molecule has 1 atom stereocenters. The number of H-pyrrole nitrogens is 1. The van der Waals surface area contributed by atoms with Crippen LogP contribution in [0.3, 0.4) is 0 Å². The molecule has 2 aliphatic rings. The van der Waals surface area contributed by atoms with Crippen molar-refractivity contribution in [3.8, 4) is 0 Å². The normalized spacial score (nSPS) is 18.2. The van der Waals surface area contributed by atoms with E-state index in [1.54, 1.807) is 6.07 Å². The Morgan fingerprint density at radius 3 is 2.49 bits per heavy atom. The lowest BCUT2D eigenvalue weighted by Crippen LogP contribution is -2.49. The summed E-state index contributed by atoms with van der Waals surface area (Å²) in [7, 11) is 0. The molecule has 1 saturated carbocycles. The third-order valence-corrected chi connectivity index (χ3v) is 8.06. The number of nitrogens with one attached hydrogen (secondary N) is 1. The highest BCUT2D eigenvalue weighted by atomic mass is 19.4. The molecule has 8 nitrogen and oxygen atoms in total. The minimum absolute atomic E-state index is 0.186. The summed E-state index contributed by atoms with van der Waals surface area (Å²) in [5.74, 6) is 0.631. The predicted molar refractivity (Wildman–Crippen MR) is 142 cm³/mol. The van der Waals surface area contributed by atoms with Crippen molar-refractivity contribution in [2.45, 2.75) is 50.9 Å². The number of hydrogen-bond donors (Lipinski definition) is 1. The van der Waals surface area contributed by atoms with Crippen LogP contribution >= 0.6 is 0 Å². The summed E-state index contributed by atoms with van der Waals surface area (Å²) in [4.78, 5) is 20.7. The predicted octanol–water partition coefficient (Wildman–Crippen LogP) is 4.87. The van der Waals surface area contributed by atoms with E-state index < -0.39 is 17.8 Å². The summed E-state index contributed by atoms with van der Waals surface area (Å²) in [6.45, 7) is 4.04. The van der Waals surface area contributed by atoms with E-state index in [2.05, 4.69) is 25.4 Å². The summed E-state index contributed by atoms with van der Waals surface area (Å²) in [6, 6.07) is 13.0. The molecule has 1 aliphatic heterocycles. The minimum Gasteiger partial charge on any atom is -0.369 e. The fourth-order valence-corrected chi connectivity index (χ4v) is 6.01. The summed E-state index contributed by atoms with van der Waals surface area (Å²) in [5.41, 5.74) is 2.04. The number of piperazine rings is 1. The van der Waals surface area contributed by atoms with E-state index in [0.717, 1.165) is 48.2 Å². The molecule has 1 saturated heterocycles. The Balaban J connectivity index is 1.36. The van der Waals surface area contributed by atoms with E-state index in [-0.39, 0.29) is 11.6 Å². The number of halogens is 3.